The predicted octanol–water partition coefficient (Wildman–Crippen LogP) is 8.06. The van der Waals surface area contributed by atoms with Gasteiger partial charge in [0, 0.05) is 118 Å². The van der Waals surface area contributed by atoms with Gasteiger partial charge in [0.05, 0.1) is 67.8 Å². The molecule has 93 heavy (non-hydrogen) atoms. The van der Waals surface area contributed by atoms with Crippen molar-refractivity contribution in [2.45, 2.75) is 71.1 Å². The smallest absolute Gasteiger partial charge is 0.144 e. The maximum absolute atomic E-state index is 8.86. The molecular weight excluding hydrogens is 1170 g/mol. The van der Waals surface area contributed by atoms with Crippen molar-refractivity contribution in [3.05, 3.63) is 91.0 Å². The van der Waals surface area contributed by atoms with Crippen LogP contribution < -0.4 is 76.9 Å². The zero-order chi connectivity index (χ0) is 65.2. The summed E-state index contributed by atoms with van der Waals surface area (Å²) in [6.45, 7) is 31.3. The minimum atomic E-state index is 0.218. The van der Waals surface area contributed by atoms with Gasteiger partial charge >= 0.3 is 0 Å². The molecule has 0 bridgehead atoms. The van der Waals surface area contributed by atoms with E-state index in [0.717, 1.165) is 206 Å². The number of aliphatic hydroxyl groups is 1. The maximum atomic E-state index is 8.86. The molecule has 0 aromatic heterocycles. The van der Waals surface area contributed by atoms with E-state index in [-0.39, 0.29) is 6.61 Å². The average molecular weight is 1280 g/mol. The van der Waals surface area contributed by atoms with Gasteiger partial charge in [-0.15, -0.1) is 0 Å². The Kier molecular flexibility index (Phi) is 28.0. The Morgan fingerprint density at radius 2 is 0.634 bits per heavy atom. The van der Waals surface area contributed by atoms with Crippen molar-refractivity contribution in [3.63, 3.8) is 0 Å². The number of aliphatic hydroxyl groups excluding tert-OH is 1. The van der Waals surface area contributed by atoms with E-state index >= 15 is 0 Å². The minimum Gasteiger partial charge on any atom is -0.489 e. The Balaban J connectivity index is 0.000000137. The Bertz CT molecular complexity index is 3000. The fraction of sp³-hybridized carbons (Fsp3) is 0.583. The van der Waals surface area contributed by atoms with Gasteiger partial charge in [-0.1, -0.05) is 19.8 Å². The van der Waals surface area contributed by atoms with Crippen molar-refractivity contribution in [1.82, 2.24) is 24.5 Å². The van der Waals surface area contributed by atoms with E-state index in [9.17, 15) is 0 Å². The third-order valence-corrected chi connectivity index (χ3v) is 18.8. The Morgan fingerprint density at radius 3 is 0.968 bits per heavy atom. The summed E-state index contributed by atoms with van der Waals surface area (Å²) in [5.74, 6) is 4.60. The van der Waals surface area contributed by atoms with Crippen molar-refractivity contribution in [2.75, 3.05) is 257 Å². The molecule has 21 heteroatoms. The average Bonchev–Trinajstić information content (AvgIpc) is 1.20. The fourth-order valence-electron chi connectivity index (χ4n) is 13.3. The van der Waals surface area contributed by atoms with Gasteiger partial charge < -0.3 is 106 Å². The summed E-state index contributed by atoms with van der Waals surface area (Å²) in [7, 11) is 4.18. The fourth-order valence-corrected chi connectivity index (χ4v) is 13.3. The first kappa shape index (κ1) is 70.2. The third-order valence-electron chi connectivity index (χ3n) is 18.8. The van der Waals surface area contributed by atoms with Crippen LogP contribution in [0.4, 0.5) is 56.9 Å². The highest BCUT2D eigenvalue weighted by Crippen LogP contribution is 2.38. The van der Waals surface area contributed by atoms with Gasteiger partial charge in [0.25, 0.3) is 0 Å². The summed E-state index contributed by atoms with van der Waals surface area (Å²) in [5.41, 5.74) is 38.7. The lowest BCUT2D eigenvalue weighted by Crippen LogP contribution is -2.41. The number of hydrogen-bond donors (Lipinski definition) is 6. The molecule has 0 saturated carbocycles. The van der Waals surface area contributed by atoms with Crippen LogP contribution in [-0.2, 0) is 0 Å². The van der Waals surface area contributed by atoms with Crippen molar-refractivity contribution in [3.8, 4) is 28.7 Å². The van der Waals surface area contributed by atoms with E-state index in [0.29, 0.717) is 6.61 Å². The van der Waals surface area contributed by atoms with Gasteiger partial charge in [0.15, 0.2) is 0 Å². The van der Waals surface area contributed by atoms with Crippen LogP contribution in [0, 0.1) is 0 Å². The molecule has 0 aliphatic carbocycles. The molecule has 0 radical (unpaired) electrons. The molecule has 21 nitrogen and oxygen atoms in total. The van der Waals surface area contributed by atoms with E-state index in [1.165, 1.54) is 121 Å². The molecule has 0 amide bonds. The van der Waals surface area contributed by atoms with Crippen LogP contribution in [0.25, 0.3) is 0 Å². The van der Waals surface area contributed by atoms with Crippen LogP contribution in [0.1, 0.15) is 71.1 Å². The molecule has 5 aromatic rings. The van der Waals surface area contributed by atoms with Crippen molar-refractivity contribution < 1.29 is 28.8 Å². The zero-order valence-corrected chi connectivity index (χ0v) is 56.6. The second kappa shape index (κ2) is 37.1. The highest BCUT2D eigenvalue weighted by Gasteiger charge is 2.24. The van der Waals surface area contributed by atoms with Crippen molar-refractivity contribution in [2.24, 2.45) is 0 Å². The van der Waals surface area contributed by atoms with Crippen LogP contribution in [0.5, 0.6) is 28.7 Å². The minimum absolute atomic E-state index is 0.218. The van der Waals surface area contributed by atoms with E-state index in [1.54, 1.807) is 0 Å². The SMILES string of the molecule is CCN(C)CCN1CCOc2cc(N)ccc21.CN(CCO)CCCN1CCOc2cc(N)ccc21.Nc1ccc2c(c1)OCCN2CCCN1CCCCC1.Nc1ccc2c(c1)OCCN2CCN1CCCC1.Nc1ccc2c(c1)OCCN2CCN1CCCCC1. The van der Waals surface area contributed by atoms with Crippen LogP contribution >= 0.6 is 0 Å². The molecule has 3 saturated heterocycles. The quantitative estimate of drug-likeness (QED) is 0.0405. The van der Waals surface area contributed by atoms with Crippen LogP contribution in [0.3, 0.4) is 0 Å². The summed E-state index contributed by atoms with van der Waals surface area (Å²) in [6, 6.07) is 29.7. The van der Waals surface area contributed by atoms with Gasteiger partial charge in [-0.05, 0) is 185 Å². The summed E-state index contributed by atoms with van der Waals surface area (Å²) >= 11 is 0. The number of fused-ring (bicyclic) bond motifs is 5. The number of nitrogen functional groups attached to an aromatic ring is 5. The summed E-state index contributed by atoms with van der Waals surface area (Å²) < 4.78 is 28.3. The van der Waals surface area contributed by atoms with Crippen LogP contribution in [0.15, 0.2) is 91.0 Å². The number of likely N-dealkylation sites (N-methyl/N-ethyl adjacent to an activating group) is 2. The summed E-state index contributed by atoms with van der Waals surface area (Å²) in [5, 5.41) is 8.86. The topological polar surface area (TPSA) is 229 Å². The highest BCUT2D eigenvalue weighted by molar-refractivity contribution is 5.68. The largest absolute Gasteiger partial charge is 0.489 e. The number of nitrogens with zero attached hydrogens (tertiary/aromatic N) is 10. The van der Waals surface area contributed by atoms with Gasteiger partial charge in [-0.25, -0.2) is 0 Å². The second-order valence-electron chi connectivity index (χ2n) is 25.8. The Hall–Kier alpha value is -7.14. The molecular formula is C72H113N15O6. The molecule has 8 aliphatic heterocycles. The van der Waals surface area contributed by atoms with E-state index in [2.05, 4.69) is 87.2 Å². The molecule has 3 fully saturated rings. The number of benzene rings is 5. The number of rotatable bonds is 20. The number of likely N-dealkylation sites (tertiary alicyclic amines) is 3. The van der Waals surface area contributed by atoms with Crippen molar-refractivity contribution in [1.29, 1.82) is 0 Å². The van der Waals surface area contributed by atoms with E-state index < -0.39 is 0 Å². The predicted molar refractivity (Wildman–Crippen MR) is 386 cm³/mol. The van der Waals surface area contributed by atoms with Crippen LogP contribution in [-0.4, -0.2) is 234 Å². The zero-order valence-electron chi connectivity index (χ0n) is 56.6. The standard InChI is InChI=1S/C16H25N3O.C15H23N3O.C14H23N3O2.C14H21N3O.C13H21N3O/c17-14-5-6-15-16(13-14)20-12-11-19(15)10-4-9-18-7-2-1-3-8-18;16-13-4-5-14-15(12-13)19-11-10-18(14)9-8-17-6-2-1-3-7-17;1-16(7-9-18)5-2-6-17-8-10-19-14-11-12(15)3-4-13(14)17;15-12-3-4-13-14(11-12)18-10-9-17(13)8-7-16-5-1-2-6-16;1-3-15(2)6-7-16-8-9-17-13-10-11(14)4-5-12(13)16/h5-6,13H,1-4,7-12,17H2;4-5,12H,1-3,6-11,16H2;3-4,11,18H,2,5-10,15H2,1H3;3-4,11H,1-2,5-10,15H2;4-5,10H,3,6-9,14H2,1-2H3. The molecule has 0 unspecified atom stereocenters. The number of ether oxygens (including phenoxy) is 5. The van der Waals surface area contributed by atoms with Crippen molar-refractivity contribution >= 4 is 56.9 Å². The maximum Gasteiger partial charge on any atom is 0.144 e. The molecule has 0 atom stereocenters. The Morgan fingerprint density at radius 1 is 0.333 bits per heavy atom. The lowest BCUT2D eigenvalue weighted by atomic mass is 10.1. The molecule has 8 aliphatic rings. The summed E-state index contributed by atoms with van der Waals surface area (Å²) in [6.07, 6.45) is 13.3. The number of anilines is 10. The molecule has 5 aromatic carbocycles. The first-order chi connectivity index (χ1) is 45.4. The highest BCUT2D eigenvalue weighted by atomic mass is 16.5. The number of hydrogen-bond acceptors (Lipinski definition) is 21. The monoisotopic (exact) mass is 1280 g/mol. The molecule has 11 N–H and O–H groups in total. The first-order valence-electron chi connectivity index (χ1n) is 34.9. The molecule has 13 rings (SSSR count). The number of piperidine rings is 2. The first-order valence-corrected chi connectivity index (χ1v) is 34.9. The molecule has 0 spiro atoms. The lowest BCUT2D eigenvalue weighted by Gasteiger charge is -2.34. The normalized spacial score (nSPS) is 17.7. The molecule has 8 heterocycles. The lowest BCUT2D eigenvalue weighted by molar-refractivity contribution is 0.220. The van der Waals surface area contributed by atoms with Gasteiger partial charge in [-0.2, -0.15) is 0 Å². The van der Waals surface area contributed by atoms with Gasteiger partial charge in [-0.3, -0.25) is 0 Å². The molecule has 512 valence electrons. The van der Waals surface area contributed by atoms with Crippen LogP contribution in [0.2, 0.25) is 0 Å². The van der Waals surface area contributed by atoms with E-state index in [4.69, 9.17) is 57.5 Å². The summed E-state index contributed by atoms with van der Waals surface area (Å²) in [4.78, 5) is 24.2. The van der Waals surface area contributed by atoms with Gasteiger partial charge in [0.1, 0.15) is 61.8 Å². The Labute approximate surface area is 556 Å². The second-order valence-corrected chi connectivity index (χ2v) is 25.8. The number of nitrogens with two attached hydrogens (primary N) is 5. The van der Waals surface area contributed by atoms with Gasteiger partial charge in [0.2, 0.25) is 0 Å². The third kappa shape index (κ3) is 22.0. The van der Waals surface area contributed by atoms with E-state index in [1.807, 2.05) is 73.8 Å².